The van der Waals surface area contributed by atoms with Crippen molar-refractivity contribution in [3.05, 3.63) is 69.4 Å². The van der Waals surface area contributed by atoms with Gasteiger partial charge in [-0.15, -0.1) is 0 Å². The molecule has 0 atom stereocenters. The Kier molecular flexibility index (Phi) is 5.98. The highest BCUT2D eigenvalue weighted by atomic mass is 16.1. The molecular formula is C29H37N7O. The molecule has 1 aliphatic heterocycles. The van der Waals surface area contributed by atoms with Crippen molar-refractivity contribution in [1.29, 1.82) is 0 Å². The Morgan fingerprint density at radius 2 is 1.89 bits per heavy atom. The molecule has 5 rings (SSSR count). The molecule has 0 saturated carbocycles. The molecule has 0 amide bonds. The van der Waals surface area contributed by atoms with Gasteiger partial charge in [-0.05, 0) is 88.5 Å². The molecule has 2 N–H and O–H groups in total. The highest BCUT2D eigenvalue weighted by Crippen LogP contribution is 2.34. The maximum atomic E-state index is 13.4. The second-order valence-electron chi connectivity index (χ2n) is 11.9. The monoisotopic (exact) mass is 499 g/mol. The minimum atomic E-state index is -0.127. The average Bonchev–Trinajstić information content (AvgIpc) is 3.10. The third kappa shape index (κ3) is 4.44. The maximum absolute atomic E-state index is 13.4. The second-order valence-corrected chi connectivity index (χ2v) is 11.9. The van der Waals surface area contributed by atoms with Gasteiger partial charge in [0.1, 0.15) is 5.39 Å². The van der Waals surface area contributed by atoms with E-state index >= 15 is 0 Å². The van der Waals surface area contributed by atoms with E-state index in [-0.39, 0.29) is 22.6 Å². The van der Waals surface area contributed by atoms with Gasteiger partial charge < -0.3 is 10.6 Å². The zero-order chi connectivity index (χ0) is 26.7. The Morgan fingerprint density at radius 1 is 1.14 bits per heavy atom. The molecule has 0 radical (unpaired) electrons. The van der Waals surface area contributed by atoms with Crippen LogP contribution < -0.4 is 16.2 Å². The number of nitrogens with one attached hydrogen (secondary N) is 2. The van der Waals surface area contributed by atoms with Crippen molar-refractivity contribution >= 4 is 22.7 Å². The summed E-state index contributed by atoms with van der Waals surface area (Å²) >= 11 is 0. The summed E-state index contributed by atoms with van der Waals surface area (Å²) in [5.41, 5.74) is 6.95. The number of anilines is 2. The molecule has 0 fully saturated rings. The molecular weight excluding hydrogens is 462 g/mol. The lowest BCUT2D eigenvalue weighted by atomic mass is 9.82. The van der Waals surface area contributed by atoms with Crippen LogP contribution in [0.3, 0.4) is 0 Å². The van der Waals surface area contributed by atoms with Gasteiger partial charge in [0.2, 0.25) is 5.95 Å². The van der Waals surface area contributed by atoms with Gasteiger partial charge in [-0.2, -0.15) is 4.98 Å². The summed E-state index contributed by atoms with van der Waals surface area (Å²) in [6.45, 7) is 17.9. The number of aromatic nitrogens is 5. The van der Waals surface area contributed by atoms with E-state index in [9.17, 15) is 4.79 Å². The zero-order valence-corrected chi connectivity index (χ0v) is 23.1. The molecule has 194 valence electrons. The van der Waals surface area contributed by atoms with Crippen LogP contribution in [0.4, 0.5) is 11.6 Å². The first-order chi connectivity index (χ1) is 17.4. The van der Waals surface area contributed by atoms with Crippen LogP contribution in [-0.2, 0) is 17.4 Å². The lowest BCUT2D eigenvalue weighted by Crippen LogP contribution is -2.43. The third-order valence-electron chi connectivity index (χ3n) is 7.13. The molecule has 4 aromatic rings. The first kappa shape index (κ1) is 25.1. The first-order valence-electron chi connectivity index (χ1n) is 13.0. The van der Waals surface area contributed by atoms with Crippen LogP contribution in [-0.4, -0.2) is 30.9 Å². The predicted octanol–water partition coefficient (Wildman–Crippen LogP) is 5.29. The number of nitrogens with zero attached hydrogens (tertiary/aromatic N) is 5. The van der Waals surface area contributed by atoms with Crippen molar-refractivity contribution in [3.8, 4) is 5.69 Å². The van der Waals surface area contributed by atoms with E-state index < -0.39 is 0 Å². The Hall–Kier alpha value is -3.52. The fourth-order valence-electron chi connectivity index (χ4n) is 5.49. The normalized spacial score (nSPS) is 15.3. The minimum absolute atomic E-state index is 0.0577. The molecule has 3 aromatic heterocycles. The highest BCUT2D eigenvalue weighted by molar-refractivity contribution is 5.77. The molecule has 8 heteroatoms. The number of fused-ring (bicyclic) bond motifs is 2. The highest BCUT2D eigenvalue weighted by Gasteiger charge is 2.29. The van der Waals surface area contributed by atoms with Crippen molar-refractivity contribution in [2.45, 2.75) is 78.8 Å². The van der Waals surface area contributed by atoms with Gasteiger partial charge in [-0.1, -0.05) is 20.8 Å². The van der Waals surface area contributed by atoms with E-state index in [1.165, 1.54) is 16.7 Å². The third-order valence-corrected chi connectivity index (χ3v) is 7.13. The maximum Gasteiger partial charge on any atom is 0.278 e. The number of hydrogen-bond acceptors (Lipinski definition) is 6. The molecule has 0 bridgehead atoms. The molecule has 0 unspecified atom stereocenters. The van der Waals surface area contributed by atoms with E-state index in [0.717, 1.165) is 30.0 Å². The Labute approximate surface area is 218 Å². The zero-order valence-electron chi connectivity index (χ0n) is 23.1. The molecule has 4 heterocycles. The van der Waals surface area contributed by atoms with Crippen LogP contribution in [0.2, 0.25) is 0 Å². The van der Waals surface area contributed by atoms with E-state index in [2.05, 4.69) is 74.3 Å². The van der Waals surface area contributed by atoms with E-state index in [1.807, 2.05) is 30.7 Å². The van der Waals surface area contributed by atoms with Crippen LogP contribution in [0, 0.1) is 6.92 Å². The molecule has 8 nitrogen and oxygen atoms in total. The minimum Gasteiger partial charge on any atom is -0.324 e. The summed E-state index contributed by atoms with van der Waals surface area (Å²) in [6.07, 6.45) is 4.40. The van der Waals surface area contributed by atoms with Gasteiger partial charge in [0.25, 0.3) is 5.56 Å². The van der Waals surface area contributed by atoms with Gasteiger partial charge in [0.15, 0.2) is 5.65 Å². The lowest BCUT2D eigenvalue weighted by molar-refractivity contribution is 0.380. The molecule has 1 aromatic carbocycles. The molecule has 0 aliphatic carbocycles. The fourth-order valence-corrected chi connectivity index (χ4v) is 5.49. The standard InChI is InChI=1S/C29H37N7O/c1-17(2)35-26(37)22-16-31-27(33-20-13-18(3)24-19(14-20)9-12-32-29(24,7)8)34-25(22)36(35)21-10-11-30-23(15-21)28(4,5)6/h10-11,13-17,32H,9,12H2,1-8H3,(H,31,33,34). The second kappa shape index (κ2) is 8.80. The summed E-state index contributed by atoms with van der Waals surface area (Å²) in [6, 6.07) is 8.24. The van der Waals surface area contributed by atoms with Crippen LogP contribution >= 0.6 is 0 Å². The van der Waals surface area contributed by atoms with Crippen LogP contribution in [0.15, 0.2) is 41.5 Å². The number of rotatable bonds is 4. The Balaban J connectivity index is 1.63. The van der Waals surface area contributed by atoms with Crippen LogP contribution in [0.5, 0.6) is 0 Å². The van der Waals surface area contributed by atoms with Gasteiger partial charge in [-0.25, -0.2) is 14.3 Å². The van der Waals surface area contributed by atoms with E-state index in [1.54, 1.807) is 17.1 Å². The first-order valence-corrected chi connectivity index (χ1v) is 13.0. The number of benzene rings is 1. The van der Waals surface area contributed by atoms with Crippen LogP contribution in [0.1, 0.15) is 76.9 Å². The smallest absolute Gasteiger partial charge is 0.278 e. The van der Waals surface area contributed by atoms with Crippen molar-refractivity contribution in [3.63, 3.8) is 0 Å². The molecule has 0 saturated heterocycles. The van der Waals surface area contributed by atoms with Crippen molar-refractivity contribution in [2.75, 3.05) is 11.9 Å². The van der Waals surface area contributed by atoms with Crippen molar-refractivity contribution in [1.82, 2.24) is 29.6 Å². The SMILES string of the molecule is Cc1cc(Nc2ncc3c(=O)n(C(C)C)n(-c4ccnc(C(C)(C)C)c4)c3n2)cc2c1C(C)(C)NCC2. The fraction of sp³-hybridized carbons (Fsp3) is 0.448. The van der Waals surface area contributed by atoms with E-state index in [4.69, 9.17) is 4.98 Å². The molecule has 1 aliphatic rings. The summed E-state index contributed by atoms with van der Waals surface area (Å²) in [4.78, 5) is 27.4. The van der Waals surface area contributed by atoms with Crippen LogP contribution in [0.25, 0.3) is 16.7 Å². The number of hydrogen-bond donors (Lipinski definition) is 2. The van der Waals surface area contributed by atoms with Gasteiger partial charge in [0.05, 0.1) is 5.69 Å². The van der Waals surface area contributed by atoms with Gasteiger partial charge in [-0.3, -0.25) is 9.78 Å². The topological polar surface area (TPSA) is 89.7 Å². The molecule has 0 spiro atoms. The largest absolute Gasteiger partial charge is 0.324 e. The summed E-state index contributed by atoms with van der Waals surface area (Å²) in [5.74, 6) is 0.458. The van der Waals surface area contributed by atoms with Gasteiger partial charge >= 0.3 is 0 Å². The molecule has 37 heavy (non-hydrogen) atoms. The van der Waals surface area contributed by atoms with Crippen molar-refractivity contribution < 1.29 is 0 Å². The number of pyridine rings is 1. The Morgan fingerprint density at radius 3 is 2.59 bits per heavy atom. The number of aryl methyl sites for hydroxylation is 1. The quantitative estimate of drug-likeness (QED) is 0.397. The summed E-state index contributed by atoms with van der Waals surface area (Å²) in [7, 11) is 0. The van der Waals surface area contributed by atoms with Crippen molar-refractivity contribution in [2.24, 2.45) is 0 Å². The lowest BCUT2D eigenvalue weighted by Gasteiger charge is -2.35. The van der Waals surface area contributed by atoms with Gasteiger partial charge in [0, 0.05) is 40.8 Å². The summed E-state index contributed by atoms with van der Waals surface area (Å²) < 4.78 is 3.64. The predicted molar refractivity (Wildman–Crippen MR) is 149 cm³/mol. The summed E-state index contributed by atoms with van der Waals surface area (Å²) in [5, 5.41) is 7.51. The van der Waals surface area contributed by atoms with E-state index in [0.29, 0.717) is 17.0 Å². The average molecular weight is 500 g/mol. The Bertz CT molecular complexity index is 1550.